The molecule has 3 unspecified atom stereocenters. The van der Waals surface area contributed by atoms with Gasteiger partial charge in [0.25, 0.3) is 5.91 Å². The fraction of sp³-hybridized carbons (Fsp3) is 0.556. The summed E-state index contributed by atoms with van der Waals surface area (Å²) >= 11 is 0. The lowest BCUT2D eigenvalue weighted by molar-refractivity contribution is 0.0846. The molecular weight excluding hydrogens is 381 g/mol. The van der Waals surface area contributed by atoms with E-state index in [1.165, 1.54) is 0 Å². The van der Waals surface area contributed by atoms with Gasteiger partial charge in [0.05, 0.1) is 24.5 Å². The van der Waals surface area contributed by atoms with Gasteiger partial charge in [-0.1, -0.05) is 20.8 Å². The van der Waals surface area contributed by atoms with E-state index in [0.29, 0.717) is 23.3 Å². The third kappa shape index (κ3) is 3.67. The van der Waals surface area contributed by atoms with Gasteiger partial charge in [-0.25, -0.2) is 9.67 Å². The lowest BCUT2D eigenvalue weighted by Gasteiger charge is -2.31. The minimum Gasteiger partial charge on any atom is -0.345 e. The van der Waals surface area contributed by atoms with Crippen molar-refractivity contribution in [1.82, 2.24) is 25.1 Å². The van der Waals surface area contributed by atoms with Gasteiger partial charge in [0, 0.05) is 23.9 Å². The van der Waals surface area contributed by atoms with E-state index in [9.17, 15) is 4.79 Å². The second kappa shape index (κ2) is 7.15. The quantitative estimate of drug-likeness (QED) is 0.625. The Morgan fingerprint density at radius 1 is 1.43 bits per heavy atom. The Morgan fingerprint density at radius 2 is 2.21 bits per heavy atom. The molecule has 2 aliphatic rings. The van der Waals surface area contributed by atoms with E-state index in [1.54, 1.807) is 23.3 Å². The lowest BCUT2D eigenvalue weighted by atomic mass is 9.87. The van der Waals surface area contributed by atoms with Crippen LogP contribution < -0.4 is 5.32 Å². The standard InChI is InChI=1S/C18H24N5O4P/c1-18(2,3)13(9-27-28(25)26)21-17(24)15-12-7-10-6-11(10)16(12)23(22-15)14-8-19-4-5-20-14/h4-5,8,10-11,13,25-26H,6-7,9H2,1-3H3,(H,21,24). The van der Waals surface area contributed by atoms with Gasteiger partial charge >= 0.3 is 8.60 Å². The van der Waals surface area contributed by atoms with Crippen molar-refractivity contribution in [3.8, 4) is 5.82 Å². The molecule has 10 heteroatoms. The first kappa shape index (κ1) is 19.4. The maximum atomic E-state index is 13.1. The van der Waals surface area contributed by atoms with Crippen LogP contribution in [0, 0.1) is 11.3 Å². The van der Waals surface area contributed by atoms with E-state index in [2.05, 4.69) is 20.4 Å². The zero-order valence-electron chi connectivity index (χ0n) is 16.0. The van der Waals surface area contributed by atoms with Crippen LogP contribution in [0.2, 0.25) is 0 Å². The zero-order valence-corrected chi connectivity index (χ0v) is 16.9. The molecule has 4 rings (SSSR count). The molecule has 0 aromatic carbocycles. The summed E-state index contributed by atoms with van der Waals surface area (Å²) in [6.07, 6.45) is 6.82. The molecule has 9 nitrogen and oxygen atoms in total. The first-order valence-corrected chi connectivity index (χ1v) is 10.4. The molecule has 1 fully saturated rings. The van der Waals surface area contributed by atoms with Crippen LogP contribution in [0.5, 0.6) is 0 Å². The number of rotatable bonds is 6. The second-order valence-corrected chi connectivity index (χ2v) is 9.20. The van der Waals surface area contributed by atoms with Crippen LogP contribution in [0.25, 0.3) is 5.82 Å². The molecule has 2 aromatic rings. The minimum atomic E-state index is -2.48. The van der Waals surface area contributed by atoms with Gasteiger partial charge < -0.3 is 19.6 Å². The van der Waals surface area contributed by atoms with Crippen LogP contribution in [-0.2, 0) is 10.9 Å². The first-order chi connectivity index (χ1) is 13.3. The number of carbonyl (C=O) groups is 1. The number of hydrogen-bond acceptors (Lipinski definition) is 7. The number of amides is 1. The number of nitrogens with zero attached hydrogens (tertiary/aromatic N) is 4. The van der Waals surface area contributed by atoms with Crippen molar-refractivity contribution in [1.29, 1.82) is 0 Å². The fourth-order valence-corrected chi connectivity index (χ4v) is 4.03. The number of hydrogen-bond donors (Lipinski definition) is 3. The van der Waals surface area contributed by atoms with E-state index in [0.717, 1.165) is 24.1 Å². The smallest absolute Gasteiger partial charge is 0.327 e. The molecule has 28 heavy (non-hydrogen) atoms. The summed E-state index contributed by atoms with van der Waals surface area (Å²) in [4.78, 5) is 39.7. The van der Waals surface area contributed by atoms with Gasteiger partial charge in [-0.3, -0.25) is 9.78 Å². The van der Waals surface area contributed by atoms with E-state index >= 15 is 0 Å². The van der Waals surface area contributed by atoms with Crippen molar-refractivity contribution in [2.75, 3.05) is 6.61 Å². The molecule has 0 spiro atoms. The largest absolute Gasteiger partial charge is 0.345 e. The molecule has 150 valence electrons. The number of carbonyl (C=O) groups excluding carboxylic acids is 1. The van der Waals surface area contributed by atoms with E-state index in [1.807, 2.05) is 20.8 Å². The molecule has 0 bridgehead atoms. The van der Waals surface area contributed by atoms with Crippen LogP contribution in [0.4, 0.5) is 0 Å². The molecular formula is C18H24N5O4P. The molecule has 1 saturated carbocycles. The summed E-state index contributed by atoms with van der Waals surface area (Å²) in [5, 5.41) is 7.54. The van der Waals surface area contributed by atoms with Crippen molar-refractivity contribution in [3.63, 3.8) is 0 Å². The Bertz CT molecular complexity index is 880. The molecule has 0 saturated heterocycles. The van der Waals surface area contributed by atoms with Crippen LogP contribution in [-0.4, -0.2) is 48.1 Å². The number of fused-ring (bicyclic) bond motifs is 3. The van der Waals surface area contributed by atoms with Crippen LogP contribution in [0.3, 0.4) is 0 Å². The topological polar surface area (TPSA) is 122 Å². The summed E-state index contributed by atoms with van der Waals surface area (Å²) in [6.45, 7) is 5.87. The van der Waals surface area contributed by atoms with Crippen molar-refractivity contribution >= 4 is 14.5 Å². The Hall–Kier alpha value is -1.93. The Balaban J connectivity index is 1.62. The average Bonchev–Trinajstić information content (AvgIpc) is 3.13. The zero-order chi connectivity index (χ0) is 20.1. The van der Waals surface area contributed by atoms with Gasteiger partial charge in [-0.05, 0) is 24.2 Å². The van der Waals surface area contributed by atoms with Gasteiger partial charge in [0.1, 0.15) is 0 Å². The second-order valence-electron chi connectivity index (χ2n) is 8.43. The van der Waals surface area contributed by atoms with Crippen molar-refractivity contribution in [2.24, 2.45) is 11.3 Å². The summed E-state index contributed by atoms with van der Waals surface area (Å²) in [7, 11) is -2.48. The van der Waals surface area contributed by atoms with Crippen LogP contribution in [0.15, 0.2) is 18.6 Å². The SMILES string of the molecule is CC(C)(C)C(COP(O)O)NC(=O)c1nn(-c2cnccn2)c2c1CC1CC21. The van der Waals surface area contributed by atoms with Gasteiger partial charge in [0.15, 0.2) is 11.5 Å². The van der Waals surface area contributed by atoms with E-state index in [4.69, 9.17) is 14.3 Å². The highest BCUT2D eigenvalue weighted by molar-refractivity contribution is 7.39. The lowest BCUT2D eigenvalue weighted by Crippen LogP contribution is -2.46. The van der Waals surface area contributed by atoms with Gasteiger partial charge in [-0.15, -0.1) is 0 Å². The highest BCUT2D eigenvalue weighted by Gasteiger charge is 2.50. The molecule has 0 radical (unpaired) electrons. The minimum absolute atomic E-state index is 0.00620. The molecule has 3 N–H and O–H groups in total. The molecule has 2 heterocycles. The molecule has 2 aliphatic carbocycles. The fourth-order valence-electron chi connectivity index (χ4n) is 3.75. The molecule has 1 amide bonds. The van der Waals surface area contributed by atoms with Crippen molar-refractivity contribution in [3.05, 3.63) is 35.5 Å². The third-order valence-electron chi connectivity index (χ3n) is 5.45. The average molecular weight is 405 g/mol. The van der Waals surface area contributed by atoms with Crippen molar-refractivity contribution in [2.45, 2.75) is 45.6 Å². The van der Waals surface area contributed by atoms with Crippen LogP contribution in [0.1, 0.15) is 54.9 Å². The third-order valence-corrected chi connectivity index (χ3v) is 5.83. The summed E-state index contributed by atoms with van der Waals surface area (Å²) in [5.41, 5.74) is 2.11. The Kier molecular flexibility index (Phi) is 4.95. The monoisotopic (exact) mass is 405 g/mol. The van der Waals surface area contributed by atoms with Crippen molar-refractivity contribution < 1.29 is 19.1 Å². The predicted octanol–water partition coefficient (Wildman–Crippen LogP) is 1.69. The summed E-state index contributed by atoms with van der Waals surface area (Å²) < 4.78 is 6.72. The number of aromatic nitrogens is 4. The normalized spacial score (nSPS) is 21.4. The molecule has 3 atom stereocenters. The van der Waals surface area contributed by atoms with E-state index < -0.39 is 14.6 Å². The van der Waals surface area contributed by atoms with Crippen LogP contribution >= 0.6 is 8.60 Å². The highest BCUT2D eigenvalue weighted by Crippen LogP contribution is 2.57. The van der Waals surface area contributed by atoms with E-state index in [-0.39, 0.29) is 17.9 Å². The summed E-state index contributed by atoms with van der Waals surface area (Å²) in [5.74, 6) is 1.33. The molecule has 2 aromatic heterocycles. The Labute approximate surface area is 164 Å². The first-order valence-electron chi connectivity index (χ1n) is 9.25. The maximum Gasteiger partial charge on any atom is 0.327 e. The highest BCUT2D eigenvalue weighted by atomic mass is 31.2. The maximum absolute atomic E-state index is 13.1. The van der Waals surface area contributed by atoms with Gasteiger partial charge in [-0.2, -0.15) is 5.10 Å². The number of nitrogens with one attached hydrogen (secondary N) is 1. The molecule has 0 aliphatic heterocycles. The van der Waals surface area contributed by atoms with Gasteiger partial charge in [0.2, 0.25) is 0 Å². The summed E-state index contributed by atoms with van der Waals surface area (Å²) in [6, 6.07) is -0.405. The predicted molar refractivity (Wildman–Crippen MR) is 102 cm³/mol. The Morgan fingerprint density at radius 3 is 2.86 bits per heavy atom.